The smallest absolute Gasteiger partial charge is 0.166 e. The van der Waals surface area contributed by atoms with Crippen molar-refractivity contribution in [1.82, 2.24) is 0 Å². The van der Waals surface area contributed by atoms with Crippen LogP contribution in [-0.4, -0.2) is 19.2 Å². The fourth-order valence-electron chi connectivity index (χ4n) is 5.47. The van der Waals surface area contributed by atoms with Gasteiger partial charge in [-0.2, -0.15) is 0 Å². The van der Waals surface area contributed by atoms with Gasteiger partial charge in [0, 0.05) is 11.8 Å². The summed E-state index contributed by atoms with van der Waals surface area (Å²) in [6.45, 7) is 0. The number of carbonyl (C=O) groups excluding carboxylic acids is 1. The van der Waals surface area contributed by atoms with E-state index in [1.807, 2.05) is 48.5 Å². The molecule has 4 atom stereocenters. The van der Waals surface area contributed by atoms with Crippen LogP contribution in [0.15, 0.2) is 133 Å². The predicted molar refractivity (Wildman–Crippen MR) is 149 cm³/mol. The van der Waals surface area contributed by atoms with E-state index < -0.39 is 15.4 Å². The van der Waals surface area contributed by atoms with Gasteiger partial charge in [0.25, 0.3) is 0 Å². The number of allylic oxidation sites excluding steroid dienone is 1. The second-order valence-corrected chi connectivity index (χ2v) is 12.7. The number of ketones is 1. The standard InChI is InChI=1S/C32H26O2S2/c33-30-29(28(24-17-9-3-10-18-24)25-19-11-4-12-20-25)27(31-35-32(30)36(31)34)21-26(22-13-5-1-6-14-22)23-15-7-2-8-16-23/h1-21,26,28-29,31-32H/t29?,31-,32+,36?/m0/s1. The van der Waals surface area contributed by atoms with Gasteiger partial charge >= 0.3 is 0 Å². The average molecular weight is 507 g/mol. The highest BCUT2D eigenvalue weighted by atomic mass is 32.3. The molecule has 0 spiro atoms. The lowest BCUT2D eigenvalue weighted by atomic mass is 9.73. The molecule has 0 aliphatic carbocycles. The Hall–Kier alpha value is -3.21. The SMILES string of the molecule is O=C1C(C(c2ccccc2)c2ccccc2)C(=CC(c2ccccc2)c2ccccc2)[C@H]2S[C@@H]1S2=O. The Morgan fingerprint density at radius 1 is 0.611 bits per heavy atom. The maximum absolute atomic E-state index is 14.0. The Balaban J connectivity index is 1.54. The Kier molecular flexibility index (Phi) is 6.47. The number of Topliss-reactive ketones (excluding diaryl/α,β-unsaturated/α-hetero) is 1. The molecule has 4 heteroatoms. The largest absolute Gasteiger partial charge is 0.297 e. The number of carbonyl (C=O) groups is 1. The van der Waals surface area contributed by atoms with Crippen molar-refractivity contribution in [2.45, 2.75) is 21.0 Å². The van der Waals surface area contributed by atoms with E-state index in [4.69, 9.17) is 0 Å². The minimum absolute atomic E-state index is 0.0281. The molecule has 3 aliphatic heterocycles. The van der Waals surface area contributed by atoms with Crippen molar-refractivity contribution >= 4 is 28.3 Å². The van der Waals surface area contributed by atoms with Crippen molar-refractivity contribution in [3.8, 4) is 0 Å². The molecule has 0 amide bonds. The van der Waals surface area contributed by atoms with Crippen molar-refractivity contribution in [2.24, 2.45) is 5.92 Å². The highest BCUT2D eigenvalue weighted by Crippen LogP contribution is 2.56. The zero-order valence-corrected chi connectivity index (χ0v) is 21.3. The van der Waals surface area contributed by atoms with Gasteiger partial charge in [-0.15, -0.1) is 11.8 Å². The summed E-state index contributed by atoms with van der Waals surface area (Å²) in [4.78, 5) is 14.0. The maximum atomic E-state index is 14.0. The number of fused-ring (bicyclic) bond motifs is 2. The van der Waals surface area contributed by atoms with Gasteiger partial charge in [-0.25, -0.2) is 0 Å². The summed E-state index contributed by atoms with van der Waals surface area (Å²) < 4.78 is 12.6. The zero-order valence-electron chi connectivity index (χ0n) is 19.6. The van der Waals surface area contributed by atoms with Crippen molar-refractivity contribution in [3.63, 3.8) is 0 Å². The first-order chi connectivity index (χ1) is 17.7. The van der Waals surface area contributed by atoms with Crippen LogP contribution in [0.1, 0.15) is 34.1 Å². The summed E-state index contributed by atoms with van der Waals surface area (Å²) in [7, 11) is -1.18. The second-order valence-electron chi connectivity index (χ2n) is 9.27. The molecule has 0 radical (unpaired) electrons. The van der Waals surface area contributed by atoms with Crippen LogP contribution < -0.4 is 0 Å². The van der Waals surface area contributed by atoms with E-state index in [0.29, 0.717) is 0 Å². The lowest BCUT2D eigenvalue weighted by Gasteiger charge is -2.47. The Morgan fingerprint density at radius 3 is 1.44 bits per heavy atom. The summed E-state index contributed by atoms with van der Waals surface area (Å²) in [6, 6.07) is 41.4. The number of thioether (sulfide) groups is 1. The van der Waals surface area contributed by atoms with Crippen LogP contribution >= 0.6 is 11.8 Å². The summed E-state index contributed by atoms with van der Waals surface area (Å²) in [5.41, 5.74) is 5.55. The topological polar surface area (TPSA) is 34.1 Å². The van der Waals surface area contributed by atoms with Crippen LogP contribution in [0.3, 0.4) is 0 Å². The molecule has 0 aromatic heterocycles. The number of hydrogen-bond acceptors (Lipinski definition) is 3. The Bertz CT molecular complexity index is 1320. The molecule has 4 aromatic carbocycles. The number of benzene rings is 4. The predicted octanol–water partition coefficient (Wildman–Crippen LogP) is 6.92. The molecule has 2 bridgehead atoms. The van der Waals surface area contributed by atoms with Crippen LogP contribution in [0.4, 0.5) is 0 Å². The van der Waals surface area contributed by atoms with Gasteiger partial charge in [0.2, 0.25) is 0 Å². The molecule has 3 heterocycles. The van der Waals surface area contributed by atoms with E-state index in [1.54, 1.807) is 11.8 Å². The van der Waals surface area contributed by atoms with Gasteiger partial charge in [0.1, 0.15) is 9.16 Å². The molecular formula is C32H26O2S2. The average Bonchev–Trinajstić information content (AvgIpc) is 2.94. The summed E-state index contributed by atoms with van der Waals surface area (Å²) in [6.07, 6.45) is 2.25. The van der Waals surface area contributed by atoms with Gasteiger partial charge < -0.3 is 0 Å². The quantitative estimate of drug-likeness (QED) is 0.266. The van der Waals surface area contributed by atoms with Gasteiger partial charge in [-0.05, 0) is 27.8 Å². The first-order valence-corrected chi connectivity index (χ1v) is 14.4. The molecule has 3 fully saturated rings. The third-order valence-electron chi connectivity index (χ3n) is 7.17. The maximum Gasteiger partial charge on any atom is 0.166 e. The van der Waals surface area contributed by atoms with Crippen LogP contribution in [0.2, 0.25) is 0 Å². The van der Waals surface area contributed by atoms with Crippen LogP contribution in [0.5, 0.6) is 0 Å². The molecule has 178 valence electrons. The molecular weight excluding hydrogens is 480 g/mol. The molecule has 0 N–H and O–H groups in total. The van der Waals surface area contributed by atoms with Crippen molar-refractivity contribution in [1.29, 1.82) is 0 Å². The van der Waals surface area contributed by atoms with E-state index in [1.165, 1.54) is 0 Å². The lowest BCUT2D eigenvalue weighted by Crippen LogP contribution is -2.53. The van der Waals surface area contributed by atoms with Gasteiger partial charge in [0.15, 0.2) is 5.78 Å². The molecule has 4 aromatic rings. The van der Waals surface area contributed by atoms with E-state index in [-0.39, 0.29) is 28.1 Å². The molecule has 3 saturated heterocycles. The molecule has 3 aliphatic rings. The van der Waals surface area contributed by atoms with Crippen molar-refractivity contribution in [3.05, 3.63) is 155 Å². The van der Waals surface area contributed by atoms with Crippen LogP contribution in [0, 0.1) is 5.92 Å². The van der Waals surface area contributed by atoms with Gasteiger partial charge in [0.05, 0.1) is 16.7 Å². The molecule has 2 unspecified atom stereocenters. The minimum Gasteiger partial charge on any atom is -0.297 e. The third-order valence-corrected chi connectivity index (χ3v) is 11.3. The first kappa shape index (κ1) is 23.2. The lowest BCUT2D eigenvalue weighted by molar-refractivity contribution is -0.120. The van der Waals surface area contributed by atoms with Crippen LogP contribution in [0.25, 0.3) is 0 Å². The zero-order chi connectivity index (χ0) is 24.5. The van der Waals surface area contributed by atoms with E-state index in [2.05, 4.69) is 78.9 Å². The highest BCUT2D eigenvalue weighted by molar-refractivity contribution is 8.28. The molecule has 36 heavy (non-hydrogen) atoms. The third kappa shape index (κ3) is 4.19. The normalized spacial score (nSPS) is 24.2. The highest BCUT2D eigenvalue weighted by Gasteiger charge is 2.57. The summed E-state index contributed by atoms with van der Waals surface area (Å²) >= 11 is 1.57. The van der Waals surface area contributed by atoms with E-state index in [0.717, 1.165) is 27.8 Å². The molecule has 7 rings (SSSR count). The monoisotopic (exact) mass is 506 g/mol. The summed E-state index contributed by atoms with van der Waals surface area (Å²) in [5, 5.41) is 0. The fraction of sp³-hybridized carbons (Fsp3) is 0.156. The fourth-order valence-corrected chi connectivity index (χ4v) is 8.83. The number of rotatable bonds is 6. The molecule has 2 nitrogen and oxygen atoms in total. The van der Waals surface area contributed by atoms with Gasteiger partial charge in [-0.1, -0.05) is 127 Å². The number of hydrogen-bond donors (Lipinski definition) is 0. The first-order valence-electron chi connectivity index (χ1n) is 12.2. The Labute approximate surface area is 218 Å². The van der Waals surface area contributed by atoms with Gasteiger partial charge in [-0.3, -0.25) is 9.00 Å². The van der Waals surface area contributed by atoms with E-state index >= 15 is 0 Å². The van der Waals surface area contributed by atoms with Crippen molar-refractivity contribution in [2.75, 3.05) is 0 Å². The minimum atomic E-state index is -1.18. The Morgan fingerprint density at radius 2 is 1.03 bits per heavy atom. The summed E-state index contributed by atoms with van der Waals surface area (Å²) in [5.74, 6) is -0.412. The molecule has 0 saturated carbocycles. The van der Waals surface area contributed by atoms with E-state index in [9.17, 15) is 9.00 Å². The van der Waals surface area contributed by atoms with Crippen molar-refractivity contribution < 1.29 is 9.00 Å². The second kappa shape index (κ2) is 10.0. The van der Waals surface area contributed by atoms with Crippen LogP contribution in [-0.2, 0) is 15.6 Å².